The van der Waals surface area contributed by atoms with Crippen molar-refractivity contribution < 1.29 is 8.42 Å². The molecule has 6 heteroatoms. The molecule has 1 aliphatic rings. The van der Waals surface area contributed by atoms with Gasteiger partial charge in [-0.3, -0.25) is 9.62 Å². The quantitative estimate of drug-likeness (QED) is 0.930. The first-order valence-electron chi connectivity index (χ1n) is 7.10. The van der Waals surface area contributed by atoms with Crippen LogP contribution in [0.1, 0.15) is 18.1 Å². The first kappa shape index (κ1) is 15.3. The molecule has 2 aromatic carbocycles. The van der Waals surface area contributed by atoms with E-state index in [0.717, 1.165) is 19.6 Å². The van der Waals surface area contributed by atoms with Crippen LogP contribution in [0.25, 0.3) is 0 Å². The van der Waals surface area contributed by atoms with Crippen molar-refractivity contribution in [2.45, 2.75) is 24.9 Å². The lowest BCUT2D eigenvalue weighted by Crippen LogP contribution is -2.14. The third-order valence-electron chi connectivity index (χ3n) is 3.80. The lowest BCUT2D eigenvalue weighted by atomic mass is 10.1. The van der Waals surface area contributed by atoms with Crippen LogP contribution in [-0.2, 0) is 23.1 Å². The fourth-order valence-electron chi connectivity index (χ4n) is 2.60. The van der Waals surface area contributed by atoms with Crippen LogP contribution in [0.15, 0.2) is 47.4 Å². The molecule has 0 bridgehead atoms. The predicted molar refractivity (Wildman–Crippen MR) is 88.5 cm³/mol. The fraction of sp³-hybridized carbons (Fsp3) is 0.250. The number of nitrogens with one attached hydrogen (secondary N) is 1. The molecule has 0 aromatic heterocycles. The average Bonchev–Trinajstić information content (AvgIpc) is 2.89. The molecule has 0 radical (unpaired) electrons. The van der Waals surface area contributed by atoms with Crippen LogP contribution < -0.4 is 4.72 Å². The fourth-order valence-corrected chi connectivity index (χ4v) is 3.95. The highest BCUT2D eigenvalue weighted by molar-refractivity contribution is 7.92. The van der Waals surface area contributed by atoms with Crippen molar-refractivity contribution in [3.8, 4) is 0 Å². The van der Waals surface area contributed by atoms with Gasteiger partial charge in [0.1, 0.15) is 0 Å². The first-order chi connectivity index (χ1) is 10.5. The molecule has 0 aliphatic carbocycles. The number of halogens is 1. The van der Waals surface area contributed by atoms with E-state index in [-0.39, 0.29) is 4.90 Å². The van der Waals surface area contributed by atoms with Gasteiger partial charge < -0.3 is 0 Å². The number of anilines is 1. The molecule has 0 atom stereocenters. The van der Waals surface area contributed by atoms with E-state index < -0.39 is 10.0 Å². The molecule has 116 valence electrons. The predicted octanol–water partition coefficient (Wildman–Crippen LogP) is 3.48. The zero-order chi connectivity index (χ0) is 15.7. The van der Waals surface area contributed by atoms with E-state index in [1.165, 1.54) is 23.3 Å². The van der Waals surface area contributed by atoms with Crippen molar-refractivity contribution in [1.82, 2.24) is 4.90 Å². The van der Waals surface area contributed by atoms with Gasteiger partial charge in [0.15, 0.2) is 0 Å². The molecule has 3 rings (SSSR count). The van der Waals surface area contributed by atoms with E-state index in [1.807, 2.05) is 12.1 Å². The average molecular weight is 337 g/mol. The maximum atomic E-state index is 12.4. The molecule has 2 aromatic rings. The van der Waals surface area contributed by atoms with Crippen molar-refractivity contribution in [2.75, 3.05) is 11.3 Å². The summed E-state index contributed by atoms with van der Waals surface area (Å²) in [6, 6.07) is 11.9. The molecule has 0 saturated heterocycles. The molecule has 22 heavy (non-hydrogen) atoms. The van der Waals surface area contributed by atoms with Gasteiger partial charge in [0.25, 0.3) is 10.0 Å². The summed E-state index contributed by atoms with van der Waals surface area (Å²) in [5.41, 5.74) is 3.01. The number of benzene rings is 2. The summed E-state index contributed by atoms with van der Waals surface area (Å²) < 4.78 is 27.4. The molecule has 1 heterocycles. The van der Waals surface area contributed by atoms with E-state index in [9.17, 15) is 8.42 Å². The highest BCUT2D eigenvalue weighted by atomic mass is 35.5. The summed E-state index contributed by atoms with van der Waals surface area (Å²) in [5.74, 6) is 0. The molecular weight excluding hydrogens is 320 g/mol. The second kappa shape index (κ2) is 5.91. The van der Waals surface area contributed by atoms with E-state index in [4.69, 9.17) is 11.6 Å². The van der Waals surface area contributed by atoms with Crippen molar-refractivity contribution >= 4 is 27.3 Å². The Labute approximate surface area is 135 Å². The van der Waals surface area contributed by atoms with Crippen LogP contribution in [0.3, 0.4) is 0 Å². The number of hydrogen-bond acceptors (Lipinski definition) is 3. The highest BCUT2D eigenvalue weighted by Gasteiger charge is 2.19. The van der Waals surface area contributed by atoms with Gasteiger partial charge in [0.2, 0.25) is 0 Å². The van der Waals surface area contributed by atoms with Gasteiger partial charge >= 0.3 is 0 Å². The van der Waals surface area contributed by atoms with Crippen molar-refractivity contribution in [3.63, 3.8) is 0 Å². The van der Waals surface area contributed by atoms with Crippen LogP contribution in [0.2, 0.25) is 5.02 Å². The lowest BCUT2D eigenvalue weighted by Gasteiger charge is -2.10. The molecule has 1 N–H and O–H groups in total. The minimum atomic E-state index is -3.62. The van der Waals surface area contributed by atoms with Gasteiger partial charge in [-0.25, -0.2) is 8.42 Å². The third kappa shape index (κ3) is 3.11. The molecule has 0 amide bonds. The topological polar surface area (TPSA) is 49.4 Å². The van der Waals surface area contributed by atoms with Crippen molar-refractivity contribution in [1.29, 1.82) is 0 Å². The van der Waals surface area contributed by atoms with E-state index >= 15 is 0 Å². The first-order valence-corrected chi connectivity index (χ1v) is 8.96. The summed E-state index contributed by atoms with van der Waals surface area (Å²) >= 11 is 5.86. The number of fused-ring (bicyclic) bond motifs is 1. The van der Waals surface area contributed by atoms with Gasteiger partial charge in [-0.15, -0.1) is 0 Å². The normalized spacial score (nSPS) is 14.8. The number of rotatable bonds is 4. The smallest absolute Gasteiger partial charge is 0.261 e. The zero-order valence-electron chi connectivity index (χ0n) is 12.2. The highest BCUT2D eigenvalue weighted by Crippen LogP contribution is 2.27. The Hall–Kier alpha value is -1.56. The second-order valence-corrected chi connectivity index (χ2v) is 7.47. The zero-order valence-corrected chi connectivity index (χ0v) is 13.8. The Balaban J connectivity index is 1.85. The SMILES string of the molecule is CCN1Cc2ccc(NS(=O)(=O)c3cccc(Cl)c3)cc2C1. The summed E-state index contributed by atoms with van der Waals surface area (Å²) in [6.07, 6.45) is 0. The molecule has 0 spiro atoms. The Morgan fingerprint density at radius 3 is 2.64 bits per heavy atom. The third-order valence-corrected chi connectivity index (χ3v) is 5.41. The Morgan fingerprint density at radius 1 is 1.14 bits per heavy atom. The standard InChI is InChI=1S/C16H17ClN2O2S/c1-2-19-10-12-6-7-15(8-13(12)11-19)18-22(20,21)16-5-3-4-14(17)9-16/h3-9,18H,2,10-11H2,1H3. The monoisotopic (exact) mass is 336 g/mol. The van der Waals surface area contributed by atoms with Gasteiger partial charge in [0, 0.05) is 23.8 Å². The van der Waals surface area contributed by atoms with Crippen LogP contribution in [0.5, 0.6) is 0 Å². The van der Waals surface area contributed by atoms with E-state index in [2.05, 4.69) is 16.5 Å². The largest absolute Gasteiger partial charge is 0.295 e. The molecule has 0 saturated carbocycles. The number of nitrogens with zero attached hydrogens (tertiary/aromatic N) is 1. The minimum absolute atomic E-state index is 0.163. The summed E-state index contributed by atoms with van der Waals surface area (Å²) in [4.78, 5) is 2.47. The van der Waals surface area contributed by atoms with Gasteiger partial charge in [-0.1, -0.05) is 30.7 Å². The molecule has 1 aliphatic heterocycles. The number of sulfonamides is 1. The van der Waals surface area contributed by atoms with Crippen LogP contribution >= 0.6 is 11.6 Å². The second-order valence-electron chi connectivity index (χ2n) is 5.35. The van der Waals surface area contributed by atoms with Crippen LogP contribution in [0, 0.1) is 0 Å². The molecule has 0 unspecified atom stereocenters. The summed E-state index contributed by atoms with van der Waals surface area (Å²) in [6.45, 7) is 4.89. The summed E-state index contributed by atoms with van der Waals surface area (Å²) in [5, 5.41) is 0.399. The Morgan fingerprint density at radius 2 is 1.91 bits per heavy atom. The maximum Gasteiger partial charge on any atom is 0.261 e. The molecule has 4 nitrogen and oxygen atoms in total. The molecular formula is C16H17ClN2O2S. The van der Waals surface area contributed by atoms with E-state index in [1.54, 1.807) is 18.2 Å². The van der Waals surface area contributed by atoms with Crippen LogP contribution in [-0.4, -0.2) is 19.9 Å². The van der Waals surface area contributed by atoms with Gasteiger partial charge in [0.05, 0.1) is 4.90 Å². The lowest BCUT2D eigenvalue weighted by molar-refractivity contribution is 0.301. The summed E-state index contributed by atoms with van der Waals surface area (Å²) in [7, 11) is -3.62. The Bertz CT molecular complexity index is 806. The van der Waals surface area contributed by atoms with Gasteiger partial charge in [-0.05, 0) is 48.0 Å². The number of hydrogen-bond donors (Lipinski definition) is 1. The van der Waals surface area contributed by atoms with E-state index in [0.29, 0.717) is 10.7 Å². The minimum Gasteiger partial charge on any atom is -0.295 e. The Kier molecular flexibility index (Phi) is 4.12. The van der Waals surface area contributed by atoms with Gasteiger partial charge in [-0.2, -0.15) is 0 Å². The maximum absolute atomic E-state index is 12.4. The van der Waals surface area contributed by atoms with Crippen LogP contribution in [0.4, 0.5) is 5.69 Å². The van der Waals surface area contributed by atoms with Crippen molar-refractivity contribution in [3.05, 3.63) is 58.6 Å². The molecule has 0 fully saturated rings. The van der Waals surface area contributed by atoms with Crippen molar-refractivity contribution in [2.24, 2.45) is 0 Å².